The highest BCUT2D eigenvalue weighted by molar-refractivity contribution is 5.92. The summed E-state index contributed by atoms with van der Waals surface area (Å²) in [6, 6.07) is 12.1. The zero-order valence-electron chi connectivity index (χ0n) is 14.4. The zero-order valence-corrected chi connectivity index (χ0v) is 14.4. The molecule has 0 bridgehead atoms. The summed E-state index contributed by atoms with van der Waals surface area (Å²) < 4.78 is 24.5. The highest BCUT2D eigenvalue weighted by Crippen LogP contribution is 2.37. The summed E-state index contributed by atoms with van der Waals surface area (Å²) >= 11 is 0. The lowest BCUT2D eigenvalue weighted by molar-refractivity contribution is -0.117. The van der Waals surface area contributed by atoms with Gasteiger partial charge in [-0.15, -0.1) is 0 Å². The maximum absolute atomic E-state index is 13.3. The first-order chi connectivity index (χ1) is 12.7. The van der Waals surface area contributed by atoms with Crippen LogP contribution in [0.5, 0.6) is 11.5 Å². The number of fused-ring (bicyclic) bond motifs is 1. The lowest BCUT2D eigenvalue weighted by Gasteiger charge is -2.26. The van der Waals surface area contributed by atoms with E-state index in [1.54, 1.807) is 12.1 Å². The van der Waals surface area contributed by atoms with Crippen LogP contribution in [0.4, 0.5) is 10.1 Å². The molecule has 0 radical (unpaired) electrons. The van der Waals surface area contributed by atoms with E-state index in [1.165, 1.54) is 12.1 Å². The molecule has 2 aromatic carbocycles. The van der Waals surface area contributed by atoms with Crippen LogP contribution < -0.4 is 14.8 Å². The van der Waals surface area contributed by atoms with Crippen LogP contribution in [0.1, 0.15) is 24.4 Å². The first-order valence-electron chi connectivity index (χ1n) is 8.88. The Balaban J connectivity index is 1.44. The molecule has 1 unspecified atom stereocenters. The fourth-order valence-electron chi connectivity index (χ4n) is 3.61. The van der Waals surface area contributed by atoms with Crippen molar-refractivity contribution >= 4 is 11.6 Å². The van der Waals surface area contributed by atoms with Crippen LogP contribution in [0.2, 0.25) is 0 Å². The summed E-state index contributed by atoms with van der Waals surface area (Å²) in [4.78, 5) is 14.5. The van der Waals surface area contributed by atoms with E-state index in [1.807, 2.05) is 18.2 Å². The molecule has 2 heterocycles. The number of hydrogen-bond acceptors (Lipinski definition) is 4. The molecule has 6 heteroatoms. The maximum Gasteiger partial charge on any atom is 0.238 e. The third-order valence-electron chi connectivity index (χ3n) is 4.77. The topological polar surface area (TPSA) is 50.8 Å². The van der Waals surface area contributed by atoms with E-state index < -0.39 is 0 Å². The molecule has 1 atom stereocenters. The fraction of sp³-hybridized carbons (Fsp3) is 0.350. The molecule has 0 saturated carbocycles. The summed E-state index contributed by atoms with van der Waals surface area (Å²) in [6.07, 6.45) is 2.03. The minimum atomic E-state index is -0.363. The van der Waals surface area contributed by atoms with Gasteiger partial charge in [0.25, 0.3) is 0 Å². The maximum atomic E-state index is 13.3. The average molecular weight is 356 g/mol. The molecule has 2 aliphatic rings. The third kappa shape index (κ3) is 3.65. The second-order valence-electron chi connectivity index (χ2n) is 6.59. The summed E-state index contributed by atoms with van der Waals surface area (Å²) in [7, 11) is 0. The van der Waals surface area contributed by atoms with Crippen LogP contribution in [0.15, 0.2) is 42.5 Å². The van der Waals surface area contributed by atoms with E-state index >= 15 is 0 Å². The molecule has 0 aliphatic carbocycles. The number of anilines is 1. The second kappa shape index (κ2) is 7.33. The molecule has 136 valence electrons. The highest BCUT2D eigenvalue weighted by Gasteiger charge is 2.28. The van der Waals surface area contributed by atoms with E-state index in [9.17, 15) is 9.18 Å². The minimum Gasteiger partial charge on any atom is -0.486 e. The molecule has 26 heavy (non-hydrogen) atoms. The van der Waals surface area contributed by atoms with Gasteiger partial charge in [0.2, 0.25) is 5.91 Å². The number of carbonyl (C=O) groups is 1. The Hall–Kier alpha value is -2.60. The number of carbonyl (C=O) groups excluding carboxylic acids is 1. The van der Waals surface area contributed by atoms with Crippen molar-refractivity contribution in [3.8, 4) is 11.5 Å². The quantitative estimate of drug-likeness (QED) is 0.913. The van der Waals surface area contributed by atoms with Crippen LogP contribution in [0.25, 0.3) is 0 Å². The van der Waals surface area contributed by atoms with Gasteiger partial charge in [0.15, 0.2) is 11.5 Å². The minimum absolute atomic E-state index is 0.139. The van der Waals surface area contributed by atoms with Gasteiger partial charge in [0, 0.05) is 11.7 Å². The monoisotopic (exact) mass is 356 g/mol. The van der Waals surface area contributed by atoms with Crippen molar-refractivity contribution < 1.29 is 18.7 Å². The number of nitrogens with zero attached hydrogens (tertiary/aromatic N) is 1. The van der Waals surface area contributed by atoms with Crippen molar-refractivity contribution in [3.63, 3.8) is 0 Å². The van der Waals surface area contributed by atoms with E-state index in [-0.39, 0.29) is 24.3 Å². The Bertz CT molecular complexity index is 811. The Morgan fingerprint density at radius 2 is 2.00 bits per heavy atom. The standard InChI is InChI=1S/C20H21FN2O3/c21-15-3-1-4-16(12-15)22-20(24)13-23-8-2-5-17(23)14-6-7-18-19(11-14)26-10-9-25-18/h1,3-4,6-7,11-12,17H,2,5,8-10,13H2,(H,22,24). The number of ether oxygens (including phenoxy) is 2. The van der Waals surface area contributed by atoms with Crippen molar-refractivity contribution in [3.05, 3.63) is 53.8 Å². The Labute approximate surface area is 151 Å². The fourth-order valence-corrected chi connectivity index (χ4v) is 3.61. The molecule has 5 nitrogen and oxygen atoms in total. The van der Waals surface area contributed by atoms with Gasteiger partial charge in [0.05, 0.1) is 6.54 Å². The van der Waals surface area contributed by atoms with E-state index in [4.69, 9.17) is 9.47 Å². The van der Waals surface area contributed by atoms with Gasteiger partial charge in [-0.3, -0.25) is 9.69 Å². The third-order valence-corrected chi connectivity index (χ3v) is 4.77. The Morgan fingerprint density at radius 3 is 2.85 bits per heavy atom. The van der Waals surface area contributed by atoms with Crippen molar-refractivity contribution in [2.45, 2.75) is 18.9 Å². The van der Waals surface area contributed by atoms with Gasteiger partial charge in [-0.05, 0) is 55.3 Å². The number of nitrogens with one attached hydrogen (secondary N) is 1. The molecule has 0 spiro atoms. The van der Waals surface area contributed by atoms with E-state index in [0.717, 1.165) is 36.4 Å². The zero-order chi connectivity index (χ0) is 17.9. The largest absolute Gasteiger partial charge is 0.486 e. The van der Waals surface area contributed by atoms with Gasteiger partial charge in [-0.1, -0.05) is 12.1 Å². The number of likely N-dealkylation sites (tertiary alicyclic amines) is 1. The molecule has 0 aromatic heterocycles. The predicted octanol–water partition coefficient (Wildman–Crippen LogP) is 3.37. The van der Waals surface area contributed by atoms with Gasteiger partial charge in [0.1, 0.15) is 19.0 Å². The van der Waals surface area contributed by atoms with Crippen LogP contribution in [-0.2, 0) is 4.79 Å². The molecule has 1 amide bonds. The average Bonchev–Trinajstić information content (AvgIpc) is 3.09. The highest BCUT2D eigenvalue weighted by atomic mass is 19.1. The lowest BCUT2D eigenvalue weighted by Crippen LogP contribution is -2.33. The first kappa shape index (κ1) is 16.8. The Kier molecular flexibility index (Phi) is 4.75. The van der Waals surface area contributed by atoms with Crippen molar-refractivity contribution in [2.75, 3.05) is 31.6 Å². The van der Waals surface area contributed by atoms with E-state index in [2.05, 4.69) is 10.2 Å². The number of benzene rings is 2. The predicted molar refractivity (Wildman–Crippen MR) is 96.0 cm³/mol. The SMILES string of the molecule is O=C(CN1CCCC1c1ccc2c(c1)OCCO2)Nc1cccc(F)c1. The molecule has 2 aromatic rings. The van der Waals surface area contributed by atoms with Gasteiger partial charge < -0.3 is 14.8 Å². The number of hydrogen-bond donors (Lipinski definition) is 1. The molecular formula is C20H21FN2O3. The number of amides is 1. The lowest BCUT2D eigenvalue weighted by atomic mass is 10.0. The summed E-state index contributed by atoms with van der Waals surface area (Å²) in [6.45, 7) is 2.26. The molecule has 1 saturated heterocycles. The summed E-state index contributed by atoms with van der Waals surface area (Å²) in [5.74, 6) is 1.04. The van der Waals surface area contributed by atoms with E-state index in [0.29, 0.717) is 18.9 Å². The molecule has 1 fully saturated rings. The molecule has 4 rings (SSSR count). The smallest absolute Gasteiger partial charge is 0.238 e. The van der Waals surface area contributed by atoms with Gasteiger partial charge >= 0.3 is 0 Å². The van der Waals surface area contributed by atoms with Crippen molar-refractivity contribution in [1.29, 1.82) is 0 Å². The van der Waals surface area contributed by atoms with Crippen molar-refractivity contribution in [1.82, 2.24) is 4.90 Å². The first-order valence-corrected chi connectivity index (χ1v) is 8.88. The number of halogens is 1. The molecular weight excluding hydrogens is 335 g/mol. The molecule has 2 aliphatic heterocycles. The van der Waals surface area contributed by atoms with Gasteiger partial charge in [-0.2, -0.15) is 0 Å². The van der Waals surface area contributed by atoms with Crippen molar-refractivity contribution in [2.24, 2.45) is 0 Å². The van der Waals surface area contributed by atoms with Gasteiger partial charge in [-0.25, -0.2) is 4.39 Å². The van der Waals surface area contributed by atoms with Crippen LogP contribution in [-0.4, -0.2) is 37.1 Å². The van der Waals surface area contributed by atoms with Crippen LogP contribution in [0.3, 0.4) is 0 Å². The Morgan fingerprint density at radius 1 is 1.15 bits per heavy atom. The van der Waals surface area contributed by atoms with Crippen LogP contribution >= 0.6 is 0 Å². The summed E-state index contributed by atoms with van der Waals surface area (Å²) in [5.41, 5.74) is 1.61. The summed E-state index contributed by atoms with van der Waals surface area (Å²) in [5, 5.41) is 2.77. The normalized spacial score (nSPS) is 19.3. The number of rotatable bonds is 4. The molecule has 1 N–H and O–H groups in total. The second-order valence-corrected chi connectivity index (χ2v) is 6.59. The van der Waals surface area contributed by atoms with Crippen LogP contribution in [0, 0.1) is 5.82 Å².